The van der Waals surface area contributed by atoms with Gasteiger partial charge < -0.3 is 5.21 Å². The minimum absolute atomic E-state index is 0.377. The van der Waals surface area contributed by atoms with Crippen LogP contribution >= 0.6 is 0 Å². The van der Waals surface area contributed by atoms with Crippen LogP contribution in [-0.4, -0.2) is 22.9 Å². The third kappa shape index (κ3) is 15.4. The maximum Gasteiger partial charge on any atom is 0.0347 e. The number of rotatable bonds is 19. The van der Waals surface area contributed by atoms with Gasteiger partial charge in [0.25, 0.3) is 0 Å². The highest BCUT2D eigenvalue weighted by atomic mass is 16.5. The summed E-state index contributed by atoms with van der Waals surface area (Å²) in [6.45, 7) is 7.42. The Morgan fingerprint density at radius 2 is 1.00 bits per heavy atom. The molecule has 0 aromatic heterocycles. The molecule has 0 aliphatic carbocycles. The molecule has 0 radical (unpaired) electrons. The first kappa shape index (κ1) is 23.9. The van der Waals surface area contributed by atoms with Gasteiger partial charge in [-0.2, -0.15) is 5.06 Å². The molecule has 0 aliphatic rings. The lowest BCUT2D eigenvalue weighted by Gasteiger charge is -2.24. The van der Waals surface area contributed by atoms with Crippen molar-refractivity contribution in [3.8, 4) is 0 Å². The van der Waals surface area contributed by atoms with E-state index in [1.807, 2.05) is 0 Å². The van der Waals surface area contributed by atoms with Gasteiger partial charge in [-0.25, -0.2) is 0 Å². The van der Waals surface area contributed by atoms with Gasteiger partial charge in [-0.05, 0) is 19.3 Å². The van der Waals surface area contributed by atoms with Crippen LogP contribution in [0.2, 0.25) is 0 Å². The third-order valence-corrected chi connectivity index (χ3v) is 5.24. The van der Waals surface area contributed by atoms with Crippen molar-refractivity contribution in [1.82, 2.24) is 5.06 Å². The molecule has 1 N–H and O–H groups in total. The van der Waals surface area contributed by atoms with E-state index in [0.717, 1.165) is 25.8 Å². The monoisotopic (exact) mass is 341 g/mol. The molecule has 0 heterocycles. The Balaban J connectivity index is 3.24. The molecule has 0 rings (SSSR count). The predicted molar refractivity (Wildman–Crippen MR) is 108 cm³/mol. The van der Waals surface area contributed by atoms with Crippen molar-refractivity contribution < 1.29 is 5.21 Å². The summed E-state index contributed by atoms with van der Waals surface area (Å²) in [6, 6.07) is 0.377. The molecule has 1 atom stereocenters. The molecule has 0 aromatic rings. The minimum Gasteiger partial charge on any atom is -0.314 e. The van der Waals surface area contributed by atoms with Crippen molar-refractivity contribution in [3.05, 3.63) is 0 Å². The maximum absolute atomic E-state index is 9.95. The number of hydrogen-bond acceptors (Lipinski definition) is 2. The largest absolute Gasteiger partial charge is 0.314 e. The molecule has 1 unspecified atom stereocenters. The zero-order valence-corrected chi connectivity index (χ0v) is 17.2. The molecule has 0 saturated heterocycles. The highest BCUT2D eigenvalue weighted by Gasteiger charge is 2.12. The molecule has 0 bridgehead atoms. The summed E-state index contributed by atoms with van der Waals surface area (Å²) in [7, 11) is 0. The van der Waals surface area contributed by atoms with Crippen molar-refractivity contribution in [1.29, 1.82) is 0 Å². The van der Waals surface area contributed by atoms with E-state index in [2.05, 4.69) is 20.8 Å². The average Bonchev–Trinajstić information content (AvgIpc) is 2.58. The maximum atomic E-state index is 9.95. The first-order chi connectivity index (χ1) is 11.8. The molecule has 0 aromatic carbocycles. The van der Waals surface area contributed by atoms with Crippen LogP contribution in [0.15, 0.2) is 0 Å². The third-order valence-electron chi connectivity index (χ3n) is 5.24. The molecule has 146 valence electrons. The van der Waals surface area contributed by atoms with Crippen LogP contribution in [0, 0.1) is 0 Å². The van der Waals surface area contributed by atoms with E-state index in [9.17, 15) is 5.21 Å². The lowest BCUT2D eigenvalue weighted by atomic mass is 10.0. The number of hydroxylamine groups is 2. The summed E-state index contributed by atoms with van der Waals surface area (Å²) in [5, 5.41) is 11.5. The van der Waals surface area contributed by atoms with Crippen LogP contribution in [0.3, 0.4) is 0 Å². The Bertz CT molecular complexity index is 232. The second kappa shape index (κ2) is 19.2. The molecule has 24 heavy (non-hydrogen) atoms. The van der Waals surface area contributed by atoms with Gasteiger partial charge in [0.2, 0.25) is 0 Å². The second-order valence-electron chi connectivity index (χ2n) is 7.61. The Hall–Kier alpha value is -0.0800. The van der Waals surface area contributed by atoms with Crippen LogP contribution < -0.4 is 0 Å². The zero-order valence-electron chi connectivity index (χ0n) is 17.2. The summed E-state index contributed by atoms with van der Waals surface area (Å²) in [4.78, 5) is 0. The van der Waals surface area contributed by atoms with E-state index >= 15 is 0 Å². The van der Waals surface area contributed by atoms with Gasteiger partial charge in [0.05, 0.1) is 0 Å². The van der Waals surface area contributed by atoms with E-state index in [1.54, 1.807) is 5.06 Å². The SMILES string of the molecule is CCCCCCCCCCCCCCCCC(CC)N(O)CCC. The fraction of sp³-hybridized carbons (Fsp3) is 1.00. The molecule has 0 aliphatic heterocycles. The minimum atomic E-state index is 0.377. The summed E-state index contributed by atoms with van der Waals surface area (Å²) < 4.78 is 0. The van der Waals surface area contributed by atoms with Crippen molar-refractivity contribution in [2.45, 2.75) is 136 Å². The van der Waals surface area contributed by atoms with Crippen LogP contribution in [0.5, 0.6) is 0 Å². The topological polar surface area (TPSA) is 23.5 Å². The molecular formula is C22H47NO. The van der Waals surface area contributed by atoms with Gasteiger partial charge >= 0.3 is 0 Å². The van der Waals surface area contributed by atoms with E-state index in [0.29, 0.717) is 6.04 Å². The van der Waals surface area contributed by atoms with Crippen LogP contribution in [-0.2, 0) is 0 Å². The fourth-order valence-electron chi connectivity index (χ4n) is 3.55. The van der Waals surface area contributed by atoms with Crippen molar-refractivity contribution in [3.63, 3.8) is 0 Å². The highest BCUT2D eigenvalue weighted by Crippen LogP contribution is 2.15. The van der Waals surface area contributed by atoms with Crippen LogP contribution in [0.1, 0.15) is 130 Å². The quantitative estimate of drug-likeness (QED) is 0.192. The normalized spacial score (nSPS) is 12.9. The number of unbranched alkanes of at least 4 members (excludes halogenated alkanes) is 13. The van der Waals surface area contributed by atoms with Gasteiger partial charge in [-0.1, -0.05) is 111 Å². The standard InChI is InChI=1S/C22H47NO/c1-4-7-8-9-10-11-12-13-14-15-16-17-18-19-20-22(6-3)23(24)21-5-2/h22,24H,4-21H2,1-3H3. The Kier molecular flexibility index (Phi) is 19.2. The molecule has 0 spiro atoms. The summed E-state index contributed by atoms with van der Waals surface area (Å²) >= 11 is 0. The smallest absolute Gasteiger partial charge is 0.0347 e. The summed E-state index contributed by atoms with van der Waals surface area (Å²) in [5.74, 6) is 0. The Morgan fingerprint density at radius 1 is 0.583 bits per heavy atom. The van der Waals surface area contributed by atoms with E-state index in [-0.39, 0.29) is 0 Å². The highest BCUT2D eigenvalue weighted by molar-refractivity contribution is 4.63. The van der Waals surface area contributed by atoms with Crippen LogP contribution in [0.4, 0.5) is 0 Å². The lowest BCUT2D eigenvalue weighted by molar-refractivity contribution is -0.129. The second-order valence-corrected chi connectivity index (χ2v) is 7.61. The Labute approximate surface area is 153 Å². The summed E-state index contributed by atoms with van der Waals surface area (Å²) in [6.07, 6.45) is 23.0. The van der Waals surface area contributed by atoms with E-state index < -0.39 is 0 Å². The van der Waals surface area contributed by atoms with Gasteiger partial charge in [0.1, 0.15) is 0 Å². The van der Waals surface area contributed by atoms with Gasteiger partial charge in [-0.15, -0.1) is 0 Å². The first-order valence-corrected chi connectivity index (χ1v) is 11.2. The van der Waals surface area contributed by atoms with Gasteiger partial charge in [-0.3, -0.25) is 0 Å². The van der Waals surface area contributed by atoms with Crippen LogP contribution in [0.25, 0.3) is 0 Å². The number of nitrogens with zero attached hydrogens (tertiary/aromatic N) is 1. The molecule has 0 saturated carbocycles. The van der Waals surface area contributed by atoms with E-state index in [1.165, 1.54) is 89.9 Å². The summed E-state index contributed by atoms with van der Waals surface area (Å²) in [5.41, 5.74) is 0. The molecule has 0 amide bonds. The van der Waals surface area contributed by atoms with Gasteiger partial charge in [0, 0.05) is 12.6 Å². The zero-order chi connectivity index (χ0) is 17.9. The molecular weight excluding hydrogens is 294 g/mol. The van der Waals surface area contributed by atoms with E-state index in [4.69, 9.17) is 0 Å². The molecule has 2 nitrogen and oxygen atoms in total. The van der Waals surface area contributed by atoms with Gasteiger partial charge in [0.15, 0.2) is 0 Å². The molecule has 0 fully saturated rings. The fourth-order valence-corrected chi connectivity index (χ4v) is 3.55. The average molecular weight is 342 g/mol. The van der Waals surface area contributed by atoms with Crippen molar-refractivity contribution in [2.75, 3.05) is 6.54 Å². The first-order valence-electron chi connectivity index (χ1n) is 11.2. The van der Waals surface area contributed by atoms with Crippen molar-refractivity contribution >= 4 is 0 Å². The lowest BCUT2D eigenvalue weighted by Crippen LogP contribution is -2.32. The Morgan fingerprint density at radius 3 is 1.38 bits per heavy atom. The van der Waals surface area contributed by atoms with Crippen molar-refractivity contribution in [2.24, 2.45) is 0 Å². The number of hydrogen-bond donors (Lipinski definition) is 1. The molecule has 2 heteroatoms. The predicted octanol–water partition coefficient (Wildman–Crippen LogP) is 7.74.